The van der Waals surface area contributed by atoms with E-state index >= 15 is 0 Å². The molecule has 0 aromatic heterocycles. The Hall–Kier alpha value is -2.56. The van der Waals surface area contributed by atoms with Crippen molar-refractivity contribution in [1.82, 2.24) is 0 Å². The lowest BCUT2D eigenvalue weighted by Crippen LogP contribution is -2.03. The van der Waals surface area contributed by atoms with E-state index < -0.39 is 5.82 Å². The predicted molar refractivity (Wildman–Crippen MR) is 77.7 cm³/mol. The molecule has 2 aromatic carbocycles. The molecule has 2 rings (SSSR count). The van der Waals surface area contributed by atoms with Crippen molar-refractivity contribution in [1.29, 1.82) is 0 Å². The van der Waals surface area contributed by atoms with Gasteiger partial charge in [-0.05, 0) is 36.8 Å². The fraction of sp³-hybridized carbons (Fsp3) is 0.188. The quantitative estimate of drug-likeness (QED) is 0.519. The van der Waals surface area contributed by atoms with Crippen molar-refractivity contribution in [2.45, 2.75) is 13.5 Å². The van der Waals surface area contributed by atoms with Crippen molar-refractivity contribution in [2.75, 3.05) is 7.11 Å². The van der Waals surface area contributed by atoms with Crippen molar-refractivity contribution in [3.63, 3.8) is 0 Å². The highest BCUT2D eigenvalue weighted by Gasteiger charge is 2.08. The van der Waals surface area contributed by atoms with Gasteiger partial charge in [0.2, 0.25) is 0 Å². The van der Waals surface area contributed by atoms with Crippen molar-refractivity contribution in [3.05, 3.63) is 59.4 Å². The molecule has 110 valence electrons. The molecule has 0 aliphatic heterocycles. The van der Waals surface area contributed by atoms with Crippen LogP contribution < -0.4 is 9.47 Å². The van der Waals surface area contributed by atoms with Crippen LogP contribution in [0.15, 0.2) is 47.6 Å². The second-order valence-electron chi connectivity index (χ2n) is 4.44. The summed E-state index contributed by atoms with van der Waals surface area (Å²) >= 11 is 0. The molecule has 0 aliphatic carbocycles. The number of hydrogen-bond acceptors (Lipinski definition) is 4. The summed E-state index contributed by atoms with van der Waals surface area (Å²) in [5.74, 6) is 0.339. The van der Waals surface area contributed by atoms with Crippen molar-refractivity contribution in [2.24, 2.45) is 5.16 Å². The molecular weight excluding hydrogens is 273 g/mol. The van der Waals surface area contributed by atoms with Crippen LogP contribution in [0.25, 0.3) is 0 Å². The van der Waals surface area contributed by atoms with Gasteiger partial charge in [-0.15, -0.1) is 0 Å². The van der Waals surface area contributed by atoms with Crippen molar-refractivity contribution < 1.29 is 19.1 Å². The van der Waals surface area contributed by atoms with Gasteiger partial charge in [-0.2, -0.15) is 0 Å². The number of oxime groups is 1. The zero-order valence-corrected chi connectivity index (χ0v) is 11.8. The van der Waals surface area contributed by atoms with Gasteiger partial charge in [0, 0.05) is 5.56 Å². The fourth-order valence-electron chi connectivity index (χ4n) is 1.91. The van der Waals surface area contributed by atoms with E-state index in [9.17, 15) is 4.39 Å². The standard InChI is InChI=1S/C16H16FNO3/c1-11(18-19)13-5-3-4-6-15(13)21-10-12-7-8-16(20-2)14(17)9-12/h3-9,19H,10H2,1-2H3/b18-11+. The monoisotopic (exact) mass is 289 g/mol. The van der Waals surface area contributed by atoms with Gasteiger partial charge in [0.05, 0.1) is 12.8 Å². The summed E-state index contributed by atoms with van der Waals surface area (Å²) in [7, 11) is 1.42. The molecule has 1 N–H and O–H groups in total. The Labute approximate surface area is 122 Å². The lowest BCUT2D eigenvalue weighted by molar-refractivity contribution is 0.302. The van der Waals surface area contributed by atoms with Crippen molar-refractivity contribution in [3.8, 4) is 11.5 Å². The lowest BCUT2D eigenvalue weighted by Gasteiger charge is -2.11. The average Bonchev–Trinajstić information content (AvgIpc) is 2.52. The summed E-state index contributed by atoms with van der Waals surface area (Å²) < 4.78 is 24.1. The van der Waals surface area contributed by atoms with E-state index in [0.717, 1.165) is 0 Å². The van der Waals surface area contributed by atoms with E-state index in [1.807, 2.05) is 12.1 Å². The van der Waals surface area contributed by atoms with Gasteiger partial charge in [-0.1, -0.05) is 23.4 Å². The Morgan fingerprint density at radius 1 is 1.19 bits per heavy atom. The van der Waals surface area contributed by atoms with E-state index in [2.05, 4.69) is 5.16 Å². The Balaban J connectivity index is 2.15. The molecule has 0 radical (unpaired) electrons. The highest BCUT2D eigenvalue weighted by molar-refractivity contribution is 6.00. The molecule has 0 atom stereocenters. The first-order valence-corrected chi connectivity index (χ1v) is 6.39. The third kappa shape index (κ3) is 3.51. The van der Waals surface area contributed by atoms with Gasteiger partial charge in [-0.25, -0.2) is 4.39 Å². The average molecular weight is 289 g/mol. The van der Waals surface area contributed by atoms with Gasteiger partial charge in [0.1, 0.15) is 12.4 Å². The minimum atomic E-state index is -0.431. The van der Waals surface area contributed by atoms with Crippen LogP contribution in [0.2, 0.25) is 0 Å². The van der Waals surface area contributed by atoms with E-state index in [1.165, 1.54) is 13.2 Å². The molecule has 0 aliphatic rings. The minimum Gasteiger partial charge on any atom is -0.494 e. The number of para-hydroxylation sites is 1. The second kappa shape index (κ2) is 6.74. The van der Waals surface area contributed by atoms with E-state index in [-0.39, 0.29) is 12.4 Å². The van der Waals surface area contributed by atoms with Crippen LogP contribution in [0.3, 0.4) is 0 Å². The lowest BCUT2D eigenvalue weighted by atomic mass is 10.1. The van der Waals surface area contributed by atoms with Gasteiger partial charge < -0.3 is 14.7 Å². The molecule has 4 nitrogen and oxygen atoms in total. The Morgan fingerprint density at radius 2 is 1.95 bits per heavy atom. The Morgan fingerprint density at radius 3 is 2.62 bits per heavy atom. The first-order chi connectivity index (χ1) is 10.2. The normalized spacial score (nSPS) is 11.3. The predicted octanol–water partition coefficient (Wildman–Crippen LogP) is 3.61. The van der Waals surface area contributed by atoms with Crippen LogP contribution in [0.1, 0.15) is 18.1 Å². The maximum absolute atomic E-state index is 13.6. The number of nitrogens with zero attached hydrogens (tertiary/aromatic N) is 1. The van der Waals surface area contributed by atoms with E-state index in [4.69, 9.17) is 14.7 Å². The topological polar surface area (TPSA) is 51.0 Å². The first-order valence-electron chi connectivity index (χ1n) is 6.39. The summed E-state index contributed by atoms with van der Waals surface area (Å²) in [6, 6.07) is 11.9. The molecular formula is C16H16FNO3. The molecule has 0 saturated heterocycles. The van der Waals surface area contributed by atoms with Gasteiger partial charge in [0.15, 0.2) is 11.6 Å². The molecule has 0 fully saturated rings. The molecule has 0 heterocycles. The summed E-state index contributed by atoms with van der Waals surface area (Å²) in [5, 5.41) is 12.0. The zero-order valence-electron chi connectivity index (χ0n) is 11.8. The molecule has 5 heteroatoms. The van der Waals surface area contributed by atoms with Crippen molar-refractivity contribution >= 4 is 5.71 Å². The smallest absolute Gasteiger partial charge is 0.165 e. The zero-order chi connectivity index (χ0) is 15.2. The molecule has 21 heavy (non-hydrogen) atoms. The highest BCUT2D eigenvalue weighted by atomic mass is 19.1. The van der Waals surface area contributed by atoms with Crippen LogP contribution in [0, 0.1) is 5.82 Å². The third-order valence-electron chi connectivity index (χ3n) is 3.04. The summed E-state index contributed by atoms with van der Waals surface area (Å²) in [4.78, 5) is 0. The summed E-state index contributed by atoms with van der Waals surface area (Å²) in [5.41, 5.74) is 1.82. The maximum Gasteiger partial charge on any atom is 0.165 e. The fourth-order valence-corrected chi connectivity index (χ4v) is 1.91. The van der Waals surface area contributed by atoms with Crippen LogP contribution in [0.5, 0.6) is 11.5 Å². The van der Waals surface area contributed by atoms with E-state index in [1.54, 1.807) is 31.2 Å². The minimum absolute atomic E-state index is 0.197. The van der Waals surface area contributed by atoms with E-state index in [0.29, 0.717) is 22.6 Å². The SMILES string of the molecule is COc1ccc(COc2ccccc2/C(C)=N/O)cc1F. The first kappa shape index (κ1) is 14.8. The van der Waals surface area contributed by atoms with Crippen LogP contribution in [-0.4, -0.2) is 18.0 Å². The second-order valence-corrected chi connectivity index (χ2v) is 4.44. The summed E-state index contributed by atoms with van der Waals surface area (Å²) in [6.07, 6.45) is 0. The Kier molecular flexibility index (Phi) is 4.77. The Bertz CT molecular complexity index is 656. The highest BCUT2D eigenvalue weighted by Crippen LogP contribution is 2.22. The number of halogens is 1. The van der Waals surface area contributed by atoms with Crippen LogP contribution >= 0.6 is 0 Å². The largest absolute Gasteiger partial charge is 0.494 e. The number of benzene rings is 2. The molecule has 0 bridgehead atoms. The van der Waals surface area contributed by atoms with Crippen LogP contribution in [0.4, 0.5) is 4.39 Å². The molecule has 0 saturated carbocycles. The third-order valence-corrected chi connectivity index (χ3v) is 3.04. The molecule has 0 amide bonds. The number of hydrogen-bond donors (Lipinski definition) is 1. The van der Waals surface area contributed by atoms with Crippen LogP contribution in [-0.2, 0) is 6.61 Å². The molecule has 0 spiro atoms. The summed E-state index contributed by atoms with van der Waals surface area (Å²) in [6.45, 7) is 1.88. The maximum atomic E-state index is 13.6. The number of rotatable bonds is 5. The molecule has 2 aromatic rings. The number of methoxy groups -OCH3 is 1. The van der Waals surface area contributed by atoms with Gasteiger partial charge in [0.25, 0.3) is 0 Å². The van der Waals surface area contributed by atoms with Gasteiger partial charge in [-0.3, -0.25) is 0 Å². The number of ether oxygens (including phenoxy) is 2. The molecule has 0 unspecified atom stereocenters. The van der Waals surface area contributed by atoms with Gasteiger partial charge >= 0.3 is 0 Å².